The molecular formula is C63H43NOS. The van der Waals surface area contributed by atoms with Gasteiger partial charge >= 0.3 is 0 Å². The predicted molar refractivity (Wildman–Crippen MR) is 281 cm³/mol. The van der Waals surface area contributed by atoms with Gasteiger partial charge in [-0.05, 0) is 140 Å². The fourth-order valence-corrected chi connectivity index (χ4v) is 11.7. The van der Waals surface area contributed by atoms with Crippen LogP contribution < -0.4 is 4.90 Å². The second kappa shape index (κ2) is 15.1. The third kappa shape index (κ3) is 6.23. The Morgan fingerprint density at radius 3 is 1.77 bits per heavy atom. The van der Waals surface area contributed by atoms with Crippen molar-refractivity contribution in [2.75, 3.05) is 4.90 Å². The molecule has 0 N–H and O–H groups in total. The van der Waals surface area contributed by atoms with Crippen LogP contribution in [0.5, 0.6) is 0 Å². The number of furan rings is 1. The van der Waals surface area contributed by atoms with Crippen molar-refractivity contribution < 1.29 is 4.42 Å². The molecule has 3 heteroatoms. The number of rotatable bonds is 7. The number of hydrogen-bond acceptors (Lipinski definition) is 3. The maximum absolute atomic E-state index is 6.28. The molecule has 0 aliphatic heterocycles. The van der Waals surface area contributed by atoms with E-state index in [9.17, 15) is 0 Å². The summed E-state index contributed by atoms with van der Waals surface area (Å²) in [5.41, 5.74) is 20.0. The van der Waals surface area contributed by atoms with Crippen molar-refractivity contribution in [3.8, 4) is 55.6 Å². The zero-order valence-electron chi connectivity index (χ0n) is 36.6. The number of nitrogens with zero attached hydrogens (tertiary/aromatic N) is 1. The molecule has 2 nitrogen and oxygen atoms in total. The van der Waals surface area contributed by atoms with Crippen LogP contribution in [0.1, 0.15) is 25.0 Å². The van der Waals surface area contributed by atoms with Crippen molar-refractivity contribution >= 4 is 70.5 Å². The molecule has 1 aliphatic rings. The van der Waals surface area contributed by atoms with Crippen molar-refractivity contribution in [1.29, 1.82) is 0 Å². The fourth-order valence-electron chi connectivity index (χ4n) is 10.5. The number of anilines is 3. The first kappa shape index (κ1) is 38.5. The summed E-state index contributed by atoms with van der Waals surface area (Å²) in [5.74, 6) is 0. The summed E-state index contributed by atoms with van der Waals surface area (Å²) in [7, 11) is 0. The van der Waals surface area contributed by atoms with Gasteiger partial charge < -0.3 is 9.32 Å². The molecule has 0 spiro atoms. The zero-order valence-corrected chi connectivity index (χ0v) is 37.4. The fraction of sp³-hybridized carbons (Fsp3) is 0.0476. The van der Waals surface area contributed by atoms with Crippen molar-refractivity contribution in [3.63, 3.8) is 0 Å². The minimum Gasteiger partial charge on any atom is -0.456 e. The molecule has 0 saturated carbocycles. The van der Waals surface area contributed by atoms with Crippen LogP contribution in [0.2, 0.25) is 0 Å². The van der Waals surface area contributed by atoms with Crippen LogP contribution in [0.15, 0.2) is 229 Å². The lowest BCUT2D eigenvalue weighted by molar-refractivity contribution is 0.660. The molecular weight excluding hydrogens is 819 g/mol. The molecule has 0 unspecified atom stereocenters. The minimum atomic E-state index is -0.106. The van der Waals surface area contributed by atoms with E-state index in [4.69, 9.17) is 4.42 Å². The third-order valence-corrected chi connectivity index (χ3v) is 15.0. The smallest absolute Gasteiger partial charge is 0.136 e. The van der Waals surface area contributed by atoms with Crippen molar-refractivity contribution in [1.82, 2.24) is 0 Å². The lowest BCUT2D eigenvalue weighted by Crippen LogP contribution is -2.15. The summed E-state index contributed by atoms with van der Waals surface area (Å²) in [4.78, 5) is 2.39. The van der Waals surface area contributed by atoms with Gasteiger partial charge in [0.15, 0.2) is 0 Å². The van der Waals surface area contributed by atoms with E-state index in [2.05, 4.69) is 231 Å². The Bertz CT molecular complexity index is 3840. The van der Waals surface area contributed by atoms with E-state index in [1.807, 2.05) is 23.5 Å². The Morgan fingerprint density at radius 1 is 0.348 bits per heavy atom. The van der Waals surface area contributed by atoms with Crippen molar-refractivity contribution in [2.45, 2.75) is 19.3 Å². The molecule has 2 aromatic heterocycles. The van der Waals surface area contributed by atoms with Crippen LogP contribution in [0, 0.1) is 0 Å². The van der Waals surface area contributed by atoms with Crippen LogP contribution in [-0.4, -0.2) is 0 Å². The van der Waals surface area contributed by atoms with Gasteiger partial charge in [0.25, 0.3) is 0 Å². The molecule has 0 amide bonds. The van der Waals surface area contributed by atoms with E-state index in [1.54, 1.807) is 0 Å². The van der Waals surface area contributed by atoms with Gasteiger partial charge in [-0.25, -0.2) is 0 Å². The van der Waals surface area contributed by atoms with E-state index in [0.717, 1.165) is 50.1 Å². The van der Waals surface area contributed by atoms with E-state index < -0.39 is 0 Å². The van der Waals surface area contributed by atoms with Gasteiger partial charge in [-0.3, -0.25) is 0 Å². The first-order chi connectivity index (χ1) is 32.4. The summed E-state index contributed by atoms with van der Waals surface area (Å²) in [6, 6.07) is 82.2. The van der Waals surface area contributed by atoms with Crippen LogP contribution in [0.3, 0.4) is 0 Å². The topological polar surface area (TPSA) is 16.4 Å². The number of para-hydroxylation sites is 1. The molecule has 10 aromatic carbocycles. The zero-order chi connectivity index (χ0) is 43.9. The van der Waals surface area contributed by atoms with Gasteiger partial charge in [-0.15, -0.1) is 11.3 Å². The van der Waals surface area contributed by atoms with Crippen LogP contribution >= 0.6 is 11.3 Å². The lowest BCUT2D eigenvalue weighted by atomic mass is 9.81. The molecule has 312 valence electrons. The third-order valence-electron chi connectivity index (χ3n) is 13.9. The van der Waals surface area contributed by atoms with E-state index >= 15 is 0 Å². The quantitative estimate of drug-likeness (QED) is 0.159. The highest BCUT2D eigenvalue weighted by molar-refractivity contribution is 7.25. The molecule has 0 atom stereocenters. The number of benzene rings is 10. The Kier molecular flexibility index (Phi) is 8.78. The van der Waals surface area contributed by atoms with Gasteiger partial charge in [-0.2, -0.15) is 0 Å². The largest absolute Gasteiger partial charge is 0.456 e. The van der Waals surface area contributed by atoms with Crippen LogP contribution in [0.25, 0.3) is 97.7 Å². The highest BCUT2D eigenvalue weighted by atomic mass is 32.1. The van der Waals surface area contributed by atoms with Crippen molar-refractivity contribution in [2.24, 2.45) is 0 Å². The molecule has 13 rings (SSSR count). The highest BCUT2D eigenvalue weighted by Gasteiger charge is 2.36. The summed E-state index contributed by atoms with van der Waals surface area (Å²) >= 11 is 1.86. The average Bonchev–Trinajstić information content (AvgIpc) is 4.02. The Labute approximate surface area is 388 Å². The predicted octanol–water partition coefficient (Wildman–Crippen LogP) is 18.4. The molecule has 0 bridgehead atoms. The maximum Gasteiger partial charge on any atom is 0.136 e. The molecule has 0 radical (unpaired) electrons. The summed E-state index contributed by atoms with van der Waals surface area (Å²) in [5, 5.41) is 4.92. The molecule has 12 aromatic rings. The monoisotopic (exact) mass is 861 g/mol. The van der Waals surface area contributed by atoms with Gasteiger partial charge in [0, 0.05) is 53.4 Å². The van der Waals surface area contributed by atoms with Gasteiger partial charge in [-0.1, -0.05) is 166 Å². The Morgan fingerprint density at radius 2 is 0.939 bits per heavy atom. The van der Waals surface area contributed by atoms with E-state index in [0.29, 0.717) is 0 Å². The second-order valence-corrected chi connectivity index (χ2v) is 19.2. The molecule has 0 fully saturated rings. The van der Waals surface area contributed by atoms with Gasteiger partial charge in [0.1, 0.15) is 11.2 Å². The normalized spacial score (nSPS) is 12.8. The summed E-state index contributed by atoms with van der Waals surface area (Å²) in [6.07, 6.45) is 0. The molecule has 1 aliphatic carbocycles. The number of fused-ring (bicyclic) bond motifs is 9. The highest BCUT2D eigenvalue weighted by Crippen LogP contribution is 2.51. The molecule has 66 heavy (non-hydrogen) atoms. The number of hydrogen-bond donors (Lipinski definition) is 0. The summed E-state index contributed by atoms with van der Waals surface area (Å²) < 4.78 is 8.92. The second-order valence-electron chi connectivity index (χ2n) is 18.1. The molecule has 2 heterocycles. The SMILES string of the molecule is CC1(C)c2ccc(-c3cccc(N(c4ccc(-c5ccc6c(c5)sc5ccccc56)cc4)c4ccc(-c5cccc6oc7ccccc7c56)cc4)c3)cc2-c2ccc(-c3ccccc3)cc21. The minimum absolute atomic E-state index is 0.106. The van der Waals surface area contributed by atoms with Crippen molar-refractivity contribution in [3.05, 3.63) is 236 Å². The average molecular weight is 862 g/mol. The maximum atomic E-state index is 6.28. The first-order valence-electron chi connectivity index (χ1n) is 22.7. The molecule has 0 saturated heterocycles. The van der Waals surface area contributed by atoms with E-state index in [-0.39, 0.29) is 5.41 Å². The first-order valence-corrected chi connectivity index (χ1v) is 23.5. The van der Waals surface area contributed by atoms with Crippen LogP contribution in [-0.2, 0) is 5.41 Å². The van der Waals surface area contributed by atoms with Gasteiger partial charge in [0.05, 0.1) is 0 Å². The number of thiophene rings is 1. The standard InChI is InChI=1S/C63H43NOS/c1-63(2)56-35-28-44(37-55(56)51-33-26-45(38-57(51)63)40-12-4-3-5-13-40)43-14-10-15-49(36-43)64(47-29-22-41(23-30-47)46-27-34-53-52-16-7-9-21-60(52)66-61(53)39-46)48-31-24-42(25-32-48)50-18-11-20-59-62(50)54-17-6-8-19-58(54)65-59/h3-39H,1-2H3. The van der Waals surface area contributed by atoms with Gasteiger partial charge in [0.2, 0.25) is 0 Å². The Hall–Kier alpha value is -7.98. The van der Waals surface area contributed by atoms with Crippen LogP contribution in [0.4, 0.5) is 17.1 Å². The van der Waals surface area contributed by atoms with E-state index in [1.165, 1.54) is 75.8 Å². The Balaban J connectivity index is 0.898. The summed E-state index contributed by atoms with van der Waals surface area (Å²) in [6.45, 7) is 4.72. The lowest BCUT2D eigenvalue weighted by Gasteiger charge is -2.26.